The Labute approximate surface area is 137 Å². The largest absolute Gasteiger partial charge is 0.481 e. The van der Waals surface area contributed by atoms with E-state index < -0.39 is 5.97 Å². The number of nitrogens with zero attached hydrogens (tertiary/aromatic N) is 1. The standard InChI is InChI=1S/C19H25NO3/c21-18(9-12-20-10-7-15(8-11-20)19(22)23)17-6-5-14-3-1-2-4-16(14)13-17/h5-6,13,15H,1-4,7-12H2,(H,22,23). The molecule has 124 valence electrons. The number of piperidine rings is 1. The van der Waals surface area contributed by atoms with E-state index in [1.165, 1.54) is 24.0 Å². The van der Waals surface area contributed by atoms with Crippen LogP contribution in [0.5, 0.6) is 0 Å². The van der Waals surface area contributed by atoms with Crippen LogP contribution in [0.25, 0.3) is 0 Å². The first-order chi connectivity index (χ1) is 11.1. The van der Waals surface area contributed by atoms with Gasteiger partial charge in [-0.25, -0.2) is 0 Å². The molecular formula is C19H25NO3. The molecule has 0 spiro atoms. The van der Waals surface area contributed by atoms with Gasteiger partial charge in [0.15, 0.2) is 5.78 Å². The second-order valence-corrected chi connectivity index (χ2v) is 6.82. The minimum Gasteiger partial charge on any atom is -0.481 e. The Hall–Kier alpha value is -1.68. The Kier molecular flexibility index (Phi) is 5.11. The van der Waals surface area contributed by atoms with E-state index in [1.54, 1.807) is 0 Å². The van der Waals surface area contributed by atoms with E-state index >= 15 is 0 Å². The van der Waals surface area contributed by atoms with E-state index in [4.69, 9.17) is 5.11 Å². The summed E-state index contributed by atoms with van der Waals surface area (Å²) in [7, 11) is 0. The highest BCUT2D eigenvalue weighted by atomic mass is 16.4. The van der Waals surface area contributed by atoms with Crippen molar-refractivity contribution < 1.29 is 14.7 Å². The van der Waals surface area contributed by atoms with Gasteiger partial charge in [-0.2, -0.15) is 0 Å². The van der Waals surface area contributed by atoms with Crippen LogP contribution in [-0.2, 0) is 17.6 Å². The number of Topliss-reactive ketones (excluding diaryl/α,β-unsaturated/α-hetero) is 1. The van der Waals surface area contributed by atoms with E-state index in [2.05, 4.69) is 17.0 Å². The number of hydrogen-bond donors (Lipinski definition) is 1. The van der Waals surface area contributed by atoms with E-state index in [0.29, 0.717) is 19.3 Å². The molecule has 0 bridgehead atoms. The molecule has 2 aliphatic rings. The molecule has 1 fully saturated rings. The number of carboxylic acids is 1. The molecule has 4 heteroatoms. The molecule has 0 saturated carbocycles. The Bertz CT molecular complexity index is 588. The number of benzene rings is 1. The molecule has 4 nitrogen and oxygen atoms in total. The Morgan fingerprint density at radius 3 is 2.48 bits per heavy atom. The summed E-state index contributed by atoms with van der Waals surface area (Å²) in [6.45, 7) is 2.31. The lowest BCUT2D eigenvalue weighted by atomic mass is 9.89. The lowest BCUT2D eigenvalue weighted by Crippen LogP contribution is -2.37. The van der Waals surface area contributed by atoms with E-state index in [1.807, 2.05) is 6.07 Å². The van der Waals surface area contributed by atoms with Crippen molar-refractivity contribution in [3.63, 3.8) is 0 Å². The summed E-state index contributed by atoms with van der Waals surface area (Å²) < 4.78 is 0. The van der Waals surface area contributed by atoms with Gasteiger partial charge in [-0.15, -0.1) is 0 Å². The number of rotatable bonds is 5. The zero-order valence-corrected chi connectivity index (χ0v) is 13.6. The number of likely N-dealkylation sites (tertiary alicyclic amines) is 1. The van der Waals surface area contributed by atoms with E-state index in [9.17, 15) is 9.59 Å². The normalized spacial score (nSPS) is 19.3. The van der Waals surface area contributed by atoms with Crippen LogP contribution in [0.4, 0.5) is 0 Å². The van der Waals surface area contributed by atoms with Crippen LogP contribution in [-0.4, -0.2) is 41.4 Å². The summed E-state index contributed by atoms with van der Waals surface area (Å²) in [6.07, 6.45) is 6.64. The summed E-state index contributed by atoms with van der Waals surface area (Å²) in [5.41, 5.74) is 3.60. The number of hydrogen-bond acceptors (Lipinski definition) is 3. The smallest absolute Gasteiger partial charge is 0.306 e. The average Bonchev–Trinajstić information content (AvgIpc) is 2.59. The van der Waals surface area contributed by atoms with Crippen molar-refractivity contribution in [1.82, 2.24) is 4.90 Å². The predicted molar refractivity (Wildman–Crippen MR) is 88.8 cm³/mol. The van der Waals surface area contributed by atoms with Gasteiger partial charge in [0.2, 0.25) is 0 Å². The number of carbonyl (C=O) groups excluding carboxylic acids is 1. The predicted octanol–water partition coefficient (Wildman–Crippen LogP) is 2.93. The maximum atomic E-state index is 12.4. The summed E-state index contributed by atoms with van der Waals surface area (Å²) in [4.78, 5) is 25.6. The maximum Gasteiger partial charge on any atom is 0.306 e. The van der Waals surface area contributed by atoms with E-state index in [0.717, 1.165) is 38.0 Å². The molecule has 0 amide bonds. The number of aryl methyl sites for hydroxylation is 2. The summed E-state index contributed by atoms with van der Waals surface area (Å²) in [6, 6.07) is 6.19. The third-order valence-corrected chi connectivity index (χ3v) is 5.26. The Morgan fingerprint density at radius 2 is 1.78 bits per heavy atom. The lowest BCUT2D eigenvalue weighted by molar-refractivity contribution is -0.143. The first kappa shape index (κ1) is 16.2. The number of fused-ring (bicyclic) bond motifs is 1. The minimum absolute atomic E-state index is 0.206. The van der Waals surface area contributed by atoms with Gasteiger partial charge >= 0.3 is 5.97 Å². The third-order valence-electron chi connectivity index (χ3n) is 5.26. The average molecular weight is 315 g/mol. The van der Waals surface area contributed by atoms with E-state index in [-0.39, 0.29) is 11.7 Å². The molecular weight excluding hydrogens is 290 g/mol. The molecule has 23 heavy (non-hydrogen) atoms. The molecule has 1 heterocycles. The van der Waals surface area contributed by atoms with Crippen molar-refractivity contribution >= 4 is 11.8 Å². The van der Waals surface area contributed by atoms with Crippen molar-refractivity contribution in [3.8, 4) is 0 Å². The Morgan fingerprint density at radius 1 is 1.09 bits per heavy atom. The van der Waals surface area contributed by atoms with Crippen molar-refractivity contribution in [1.29, 1.82) is 0 Å². The van der Waals surface area contributed by atoms with Crippen LogP contribution in [0.3, 0.4) is 0 Å². The van der Waals surface area contributed by atoms with Gasteiger partial charge < -0.3 is 10.0 Å². The van der Waals surface area contributed by atoms with Gasteiger partial charge in [0.05, 0.1) is 5.92 Å². The van der Waals surface area contributed by atoms with Crippen molar-refractivity contribution in [2.45, 2.75) is 44.9 Å². The molecule has 0 aromatic heterocycles. The maximum absolute atomic E-state index is 12.4. The SMILES string of the molecule is O=C(CCN1CCC(C(=O)O)CC1)c1ccc2c(c1)CCCC2. The minimum atomic E-state index is -0.685. The number of carboxylic acid groups (broad SMARTS) is 1. The van der Waals surface area contributed by atoms with Crippen molar-refractivity contribution in [3.05, 3.63) is 34.9 Å². The quantitative estimate of drug-likeness (QED) is 0.849. The Balaban J connectivity index is 1.51. The molecule has 1 aliphatic carbocycles. The third kappa shape index (κ3) is 3.99. The zero-order valence-electron chi connectivity index (χ0n) is 13.6. The lowest BCUT2D eigenvalue weighted by Gasteiger charge is -2.29. The van der Waals surface area contributed by atoms with Crippen molar-refractivity contribution in [2.75, 3.05) is 19.6 Å². The van der Waals surface area contributed by atoms with Crippen molar-refractivity contribution in [2.24, 2.45) is 5.92 Å². The molecule has 0 atom stereocenters. The monoisotopic (exact) mass is 315 g/mol. The summed E-state index contributed by atoms with van der Waals surface area (Å²) in [5.74, 6) is -0.684. The highest BCUT2D eigenvalue weighted by Gasteiger charge is 2.24. The van der Waals surface area contributed by atoms with Gasteiger partial charge in [0, 0.05) is 18.5 Å². The fraction of sp³-hybridized carbons (Fsp3) is 0.579. The number of ketones is 1. The van der Waals surface area contributed by atoms with Crippen LogP contribution < -0.4 is 0 Å². The van der Waals surface area contributed by atoms with Gasteiger partial charge in [0.1, 0.15) is 0 Å². The van der Waals surface area contributed by atoms with Gasteiger partial charge in [-0.3, -0.25) is 9.59 Å². The number of carbonyl (C=O) groups is 2. The molecule has 0 radical (unpaired) electrons. The van der Waals surface area contributed by atoms with Gasteiger partial charge in [-0.1, -0.05) is 12.1 Å². The molecule has 1 aromatic carbocycles. The fourth-order valence-corrected chi connectivity index (χ4v) is 3.71. The summed E-state index contributed by atoms with van der Waals surface area (Å²) in [5, 5.41) is 9.02. The first-order valence-corrected chi connectivity index (χ1v) is 8.73. The molecule has 1 aliphatic heterocycles. The molecule has 0 unspecified atom stereocenters. The highest BCUT2D eigenvalue weighted by Crippen LogP contribution is 2.23. The molecule has 1 saturated heterocycles. The van der Waals surface area contributed by atoms with Crippen LogP contribution >= 0.6 is 0 Å². The second kappa shape index (κ2) is 7.26. The first-order valence-electron chi connectivity index (χ1n) is 8.73. The van der Waals surface area contributed by atoms with Gasteiger partial charge in [0.25, 0.3) is 0 Å². The topological polar surface area (TPSA) is 57.6 Å². The van der Waals surface area contributed by atoms with Crippen LogP contribution in [0, 0.1) is 5.92 Å². The summed E-state index contributed by atoms with van der Waals surface area (Å²) >= 11 is 0. The zero-order chi connectivity index (χ0) is 16.2. The molecule has 3 rings (SSSR count). The number of aliphatic carboxylic acids is 1. The molecule has 1 N–H and O–H groups in total. The molecule has 1 aromatic rings. The highest BCUT2D eigenvalue weighted by molar-refractivity contribution is 5.96. The van der Waals surface area contributed by atoms with Crippen LogP contribution in [0.2, 0.25) is 0 Å². The fourth-order valence-electron chi connectivity index (χ4n) is 3.71. The van der Waals surface area contributed by atoms with Crippen LogP contribution in [0.1, 0.15) is 53.6 Å². The van der Waals surface area contributed by atoms with Crippen LogP contribution in [0.15, 0.2) is 18.2 Å². The van der Waals surface area contributed by atoms with Gasteiger partial charge in [-0.05, 0) is 68.8 Å². The second-order valence-electron chi connectivity index (χ2n) is 6.82.